The summed E-state index contributed by atoms with van der Waals surface area (Å²) < 4.78 is 79.8. The molecule has 146 heavy (non-hydrogen) atoms. The molecule has 4 atom stereocenters. The highest BCUT2D eigenvalue weighted by atomic mass is 19.4. The van der Waals surface area contributed by atoms with Crippen LogP contribution >= 0.6 is 0 Å². The summed E-state index contributed by atoms with van der Waals surface area (Å²) >= 11 is 0. The highest BCUT2D eigenvalue weighted by molar-refractivity contribution is 5.95. The minimum Gasteiger partial charge on any atom is -0.481 e. The molecule has 40 heteroatoms. The van der Waals surface area contributed by atoms with Crippen molar-refractivity contribution >= 4 is 67.4 Å². The van der Waals surface area contributed by atoms with Crippen molar-refractivity contribution in [2.75, 3.05) is 165 Å². The van der Waals surface area contributed by atoms with Crippen molar-refractivity contribution < 1.29 is 36.9 Å². The molecule has 0 radical (unpaired) electrons. The number of nitrogens with zero attached hydrogens (tertiary/aromatic N) is 25. The SMILES string of the molecule is COc1cc(-c2nc(-c3c(C)nn(C4CCNCC4)c3C)cc(N3CCOC[C@H]3C)n2)c2cc[nH]c2n1.Cc1c(-c2cc(N3CCOC[C@H]3C)nc(-c3ccnc4[nH]ccc34)n2)c(C(F)(F)F)nn1C1CCNCC1.Cc1nn(C2CCN(C)CC2)c(C)c1-c1cc(N2CCOC[C@H]2C)nc(-c2ccnc3[nH]ccc23)n1.Cc1nn(C2CCNCC2)c(C)c1-c1cc(N2CCOC[C@H]2C)nc(-c2ccnc3[nH]ccc23)n1. The average molecular weight is 1990 g/mol. The Hall–Kier alpha value is -13.6. The van der Waals surface area contributed by atoms with Gasteiger partial charge in [0.1, 0.15) is 45.9 Å². The predicted molar refractivity (Wildman–Crippen MR) is 558 cm³/mol. The summed E-state index contributed by atoms with van der Waals surface area (Å²) in [5.41, 5.74) is 18.9. The second kappa shape index (κ2) is 42.5. The molecular weight excluding hydrogens is 1860 g/mol. The zero-order valence-corrected chi connectivity index (χ0v) is 85.2. The van der Waals surface area contributed by atoms with Crippen molar-refractivity contribution in [3.05, 3.63) is 162 Å². The molecule has 0 amide bonds. The number of piperidine rings is 4. The van der Waals surface area contributed by atoms with Gasteiger partial charge in [0.05, 0.1) is 154 Å². The monoisotopic (exact) mass is 1990 g/mol. The largest absolute Gasteiger partial charge is 0.481 e. The van der Waals surface area contributed by atoms with Gasteiger partial charge < -0.3 is 84.1 Å². The normalized spacial score (nSPS) is 19.5. The van der Waals surface area contributed by atoms with Gasteiger partial charge in [0, 0.05) is 183 Å². The van der Waals surface area contributed by atoms with Gasteiger partial charge in [0.25, 0.3) is 0 Å². The number of morpholine rings is 4. The van der Waals surface area contributed by atoms with Gasteiger partial charge in [-0.05, 0) is 229 Å². The standard InChI is InChI=1S/C27H34N8O2.C27H34N8O.C26H29F3N8O.C26H32N8O/c1-16-15-37-12-11-34(16)23-14-22(25-17(2)33-35(18(25)3)19-5-8-28-9-6-19)30-27(31-23)21-13-24(36-4)32-26-20(21)7-10-29-26;1-17-16-36-14-13-34(17)24-15-23(30-27(31-24)22-6-10-29-26-21(22)5-9-28-26)25-18(2)32-35(19(25)3)20-7-11-33(4)12-8-20;1-15-14-38-12-11-36(15)21-13-20(33-25(34-21)19-6-10-32-24-18(19)5-9-31-24)22-16(2)37(17-3-7-30-8-4-17)35-23(22)26(27,28)29;1-16-15-35-13-12-33(16)23-14-22(24-17(2)32-34(18(24)3)19-4-8-27-9-5-19)30-26(31-23)21-7-11-29-25-20(21)6-10-28-25/h7,10,13-14,16,19,28H,5-6,8-9,11-12,15H2,1-4H3,(H,29,32);5-6,9-10,15,17,20H,7-8,11-14,16H2,1-4H3,(H,28,29);5-6,9-10,13,15,17,30H,3-4,7-8,11-12,14H2,1-2H3,(H,31,32);6-7,10-11,14,16,19,27H,4-5,8-9,12-13,15H2,1-3H3,(H,28,29)/t16-;17-;15-;16-/m1111/s1. The molecule has 7 N–H and O–H groups in total. The molecule has 0 bridgehead atoms. The molecular formula is C106H129F3N32O5. The maximum atomic E-state index is 14.4. The lowest BCUT2D eigenvalue weighted by atomic mass is 10.0. The molecule has 0 aliphatic carbocycles. The number of rotatable bonds is 17. The maximum absolute atomic E-state index is 14.4. The number of aromatic nitrogens is 24. The number of aromatic amines is 4. The fourth-order valence-corrected chi connectivity index (χ4v) is 22.3. The topological polar surface area (TPSA) is 388 Å². The van der Waals surface area contributed by atoms with Crippen LogP contribution in [0.1, 0.15) is 149 Å². The summed E-state index contributed by atoms with van der Waals surface area (Å²) in [7, 11) is 3.82. The molecule has 0 saturated carbocycles. The number of alkyl halides is 3. The number of ether oxygens (including phenoxy) is 5. The van der Waals surface area contributed by atoms with Gasteiger partial charge in [-0.1, -0.05) is 0 Å². The first kappa shape index (κ1) is 98.4. The summed E-state index contributed by atoms with van der Waals surface area (Å²) in [5, 5.41) is 33.1. The van der Waals surface area contributed by atoms with Gasteiger partial charge in [-0.3, -0.25) is 18.7 Å². The number of halogens is 3. The summed E-state index contributed by atoms with van der Waals surface area (Å²) in [6.07, 6.45) is 16.1. The van der Waals surface area contributed by atoms with Gasteiger partial charge in [0.2, 0.25) is 5.88 Å². The molecule has 0 unspecified atom stereocenters. The molecule has 764 valence electrons. The Morgan fingerprint density at radius 3 is 0.959 bits per heavy atom. The molecule has 37 nitrogen and oxygen atoms in total. The Kier molecular flexibility index (Phi) is 28.6. The highest BCUT2D eigenvalue weighted by Gasteiger charge is 2.42. The van der Waals surface area contributed by atoms with E-state index in [-0.39, 0.29) is 41.5 Å². The molecule has 0 aromatic carbocycles. The van der Waals surface area contributed by atoms with Crippen LogP contribution in [0.5, 0.6) is 5.88 Å². The van der Waals surface area contributed by atoms with E-state index in [1.807, 2.05) is 80.4 Å². The zero-order valence-electron chi connectivity index (χ0n) is 85.2. The lowest BCUT2D eigenvalue weighted by Gasteiger charge is -2.34. The smallest absolute Gasteiger partial charge is 0.435 e. The van der Waals surface area contributed by atoms with Crippen molar-refractivity contribution in [3.63, 3.8) is 0 Å². The Bertz CT molecular complexity index is 7330. The van der Waals surface area contributed by atoms with Crippen molar-refractivity contribution in [2.45, 2.75) is 182 Å². The van der Waals surface area contributed by atoms with E-state index in [9.17, 15) is 13.2 Å². The number of fused-ring (bicyclic) bond motifs is 4. The fraction of sp³-hybridized carbons (Fsp3) is 0.472. The van der Waals surface area contributed by atoms with E-state index in [1.54, 1.807) is 43.2 Å². The first-order valence-corrected chi connectivity index (χ1v) is 51.3. The number of nitrogens with one attached hydrogen (secondary N) is 7. The Morgan fingerprint density at radius 1 is 0.342 bits per heavy atom. The molecule has 0 spiro atoms. The van der Waals surface area contributed by atoms with Gasteiger partial charge in [-0.2, -0.15) is 38.5 Å². The van der Waals surface area contributed by atoms with Crippen LogP contribution < -0.4 is 40.3 Å². The summed E-state index contributed by atoms with van der Waals surface area (Å²) in [6.45, 7) is 39.0. The van der Waals surface area contributed by atoms with Crippen molar-refractivity contribution in [1.82, 2.24) is 140 Å². The molecule has 16 aromatic rings. The third-order valence-electron chi connectivity index (χ3n) is 30.0. The Morgan fingerprint density at radius 2 is 0.637 bits per heavy atom. The van der Waals surface area contributed by atoms with Crippen molar-refractivity contribution in [1.29, 1.82) is 0 Å². The van der Waals surface area contributed by atoms with E-state index in [0.29, 0.717) is 142 Å². The average Bonchev–Trinajstić information content (AvgIpc) is 1.58. The number of pyridine rings is 4. The van der Waals surface area contributed by atoms with Crippen LogP contribution in [0.3, 0.4) is 0 Å². The second-order valence-electron chi connectivity index (χ2n) is 39.7. The number of H-pyrrole nitrogens is 4. The lowest BCUT2D eigenvalue weighted by Crippen LogP contribution is -2.44. The van der Waals surface area contributed by atoms with Crippen LogP contribution in [-0.2, 0) is 25.1 Å². The maximum Gasteiger partial charge on any atom is 0.435 e. The third kappa shape index (κ3) is 20.0. The highest BCUT2D eigenvalue weighted by Crippen LogP contribution is 2.45. The first-order valence-electron chi connectivity index (χ1n) is 51.3. The summed E-state index contributed by atoms with van der Waals surface area (Å²) in [6, 6.07) is 25.5. The minimum absolute atomic E-state index is 0.00112. The number of hydrogen-bond acceptors (Lipinski definition) is 29. The van der Waals surface area contributed by atoms with E-state index in [4.69, 9.17) is 78.9 Å². The van der Waals surface area contributed by atoms with Crippen LogP contribution in [0.15, 0.2) is 116 Å². The van der Waals surface area contributed by atoms with Crippen molar-refractivity contribution in [2.24, 2.45) is 0 Å². The van der Waals surface area contributed by atoms with Crippen LogP contribution in [0.25, 0.3) is 135 Å². The molecule has 16 aromatic heterocycles. The van der Waals surface area contributed by atoms with E-state index >= 15 is 0 Å². The van der Waals surface area contributed by atoms with Gasteiger partial charge in [-0.15, -0.1) is 0 Å². The quantitative estimate of drug-likeness (QED) is 0.0445. The number of aryl methyl sites for hydroxylation is 3. The van der Waals surface area contributed by atoms with E-state index in [2.05, 4.69) is 187 Å². The van der Waals surface area contributed by atoms with Crippen LogP contribution in [0.2, 0.25) is 0 Å². The number of likely N-dealkylation sites (tertiary alicyclic amines) is 1. The minimum atomic E-state index is -4.64. The van der Waals surface area contributed by atoms with Crippen LogP contribution in [0.4, 0.5) is 36.4 Å². The van der Waals surface area contributed by atoms with Gasteiger partial charge in [-0.25, -0.2) is 54.8 Å². The number of hydrogen-bond donors (Lipinski definition) is 7. The third-order valence-corrected chi connectivity index (χ3v) is 30.0. The van der Waals surface area contributed by atoms with E-state index in [1.165, 1.54) is 11.4 Å². The second-order valence-corrected chi connectivity index (χ2v) is 39.7. The Labute approximate surface area is 844 Å². The van der Waals surface area contributed by atoms with E-state index < -0.39 is 11.9 Å². The lowest BCUT2D eigenvalue weighted by molar-refractivity contribution is -0.141. The molecule has 8 fully saturated rings. The fourth-order valence-electron chi connectivity index (χ4n) is 22.3. The summed E-state index contributed by atoms with van der Waals surface area (Å²) in [5.74, 6) is 6.22. The van der Waals surface area contributed by atoms with Crippen LogP contribution in [0, 0.1) is 48.5 Å². The molecule has 8 aliphatic heterocycles. The predicted octanol–water partition coefficient (Wildman–Crippen LogP) is 15.7. The van der Waals surface area contributed by atoms with Crippen molar-refractivity contribution in [3.8, 4) is 96.5 Å². The van der Waals surface area contributed by atoms with Gasteiger partial charge >= 0.3 is 6.18 Å². The number of methoxy groups -OCH3 is 1. The zero-order chi connectivity index (χ0) is 101. The number of anilines is 4. The molecule has 8 aliphatic rings. The molecule has 24 rings (SSSR count). The summed E-state index contributed by atoms with van der Waals surface area (Å²) in [4.78, 5) is 82.2. The molecule has 24 heterocycles. The van der Waals surface area contributed by atoms with Crippen LogP contribution in [-0.4, -0.2) is 293 Å². The van der Waals surface area contributed by atoms with Gasteiger partial charge in [0.15, 0.2) is 29.0 Å². The molecule has 8 saturated heterocycles. The first-order chi connectivity index (χ1) is 70.9. The van der Waals surface area contributed by atoms with E-state index in [0.717, 1.165) is 240 Å². The Balaban J connectivity index is 0.000000114.